The second kappa shape index (κ2) is 10.2. The maximum absolute atomic E-state index is 12.9. The van der Waals surface area contributed by atoms with E-state index in [1.807, 2.05) is 12.1 Å². The van der Waals surface area contributed by atoms with E-state index < -0.39 is 10.0 Å². The number of carbonyl (C=O) groups excluding carboxylic acids is 2. The molecule has 176 valence electrons. The lowest BCUT2D eigenvalue weighted by molar-refractivity contribution is -0.116. The Morgan fingerprint density at radius 1 is 1.09 bits per heavy atom. The fraction of sp³-hybridized carbons (Fsp3) is 0.333. The van der Waals surface area contributed by atoms with Crippen LogP contribution in [0.3, 0.4) is 0 Å². The van der Waals surface area contributed by atoms with Crippen molar-refractivity contribution in [3.05, 3.63) is 60.2 Å². The highest BCUT2D eigenvalue weighted by atomic mass is 32.2. The molecule has 1 N–H and O–H groups in total. The van der Waals surface area contributed by atoms with Gasteiger partial charge in [-0.3, -0.25) is 9.59 Å². The van der Waals surface area contributed by atoms with E-state index in [2.05, 4.69) is 11.9 Å². The fourth-order valence-corrected chi connectivity index (χ4v) is 5.24. The van der Waals surface area contributed by atoms with Crippen LogP contribution in [0, 0.1) is 0 Å². The largest absolute Gasteiger partial charge is 0.492 e. The quantitative estimate of drug-likeness (QED) is 0.572. The molecule has 33 heavy (non-hydrogen) atoms. The molecule has 2 aromatic rings. The SMILES string of the molecule is C=C1c2ccccc2C(=O)N1CCC(=O)Nc1cc(S(=O)(=O)N(CC)CC)ccc1OCC. The topological polar surface area (TPSA) is 96.0 Å². The number of benzene rings is 2. The summed E-state index contributed by atoms with van der Waals surface area (Å²) in [5, 5.41) is 2.74. The first kappa shape index (κ1) is 24.5. The third kappa shape index (κ3) is 4.94. The molecule has 2 amide bonds. The van der Waals surface area contributed by atoms with E-state index in [0.29, 0.717) is 36.7 Å². The second-order valence-electron chi connectivity index (χ2n) is 7.43. The van der Waals surface area contributed by atoms with Gasteiger partial charge in [-0.2, -0.15) is 4.31 Å². The van der Waals surface area contributed by atoms with Gasteiger partial charge in [0.2, 0.25) is 15.9 Å². The van der Waals surface area contributed by atoms with Crippen molar-refractivity contribution in [3.8, 4) is 5.75 Å². The van der Waals surface area contributed by atoms with Crippen LogP contribution in [0.1, 0.15) is 43.1 Å². The van der Waals surface area contributed by atoms with Crippen LogP contribution in [-0.2, 0) is 14.8 Å². The highest BCUT2D eigenvalue weighted by Gasteiger charge is 2.30. The predicted octanol–water partition coefficient (Wildman–Crippen LogP) is 3.57. The molecule has 1 aliphatic rings. The van der Waals surface area contributed by atoms with Crippen LogP contribution in [0.15, 0.2) is 53.9 Å². The molecule has 0 atom stereocenters. The first-order valence-corrected chi connectivity index (χ1v) is 12.4. The summed E-state index contributed by atoms with van der Waals surface area (Å²) in [5.74, 6) is -0.186. The number of carbonyl (C=O) groups is 2. The van der Waals surface area contributed by atoms with Crippen molar-refractivity contribution in [3.63, 3.8) is 0 Å². The lowest BCUT2D eigenvalue weighted by Gasteiger charge is -2.20. The first-order chi connectivity index (χ1) is 15.7. The number of hydrogen-bond donors (Lipinski definition) is 1. The highest BCUT2D eigenvalue weighted by molar-refractivity contribution is 7.89. The van der Waals surface area contributed by atoms with Crippen LogP contribution in [0.5, 0.6) is 5.75 Å². The molecule has 0 aromatic heterocycles. The Hall–Kier alpha value is -3.17. The highest BCUT2D eigenvalue weighted by Crippen LogP contribution is 2.32. The summed E-state index contributed by atoms with van der Waals surface area (Å²) in [6.07, 6.45) is 0.0112. The first-order valence-electron chi connectivity index (χ1n) is 10.9. The zero-order chi connectivity index (χ0) is 24.2. The number of sulfonamides is 1. The van der Waals surface area contributed by atoms with E-state index in [9.17, 15) is 18.0 Å². The molecule has 0 bridgehead atoms. The molecule has 9 heteroatoms. The van der Waals surface area contributed by atoms with Gasteiger partial charge in [-0.1, -0.05) is 38.6 Å². The summed E-state index contributed by atoms with van der Waals surface area (Å²) >= 11 is 0. The number of nitrogens with one attached hydrogen (secondary N) is 1. The average molecular weight is 472 g/mol. The number of nitrogens with zero attached hydrogens (tertiary/aromatic N) is 2. The molecule has 0 saturated heterocycles. The lowest BCUT2D eigenvalue weighted by atomic mass is 10.1. The molecule has 0 aliphatic carbocycles. The summed E-state index contributed by atoms with van der Waals surface area (Å²) in [7, 11) is -3.70. The Morgan fingerprint density at radius 2 is 1.76 bits per heavy atom. The zero-order valence-corrected chi connectivity index (χ0v) is 19.9. The van der Waals surface area contributed by atoms with Crippen molar-refractivity contribution in [2.24, 2.45) is 0 Å². The van der Waals surface area contributed by atoms with E-state index in [0.717, 1.165) is 5.56 Å². The number of amides is 2. The predicted molar refractivity (Wildman–Crippen MR) is 127 cm³/mol. The normalized spacial score (nSPS) is 13.4. The number of rotatable bonds is 10. The molecule has 1 aliphatic heterocycles. The van der Waals surface area contributed by atoms with E-state index in [-0.39, 0.29) is 35.4 Å². The molecule has 0 fully saturated rings. The smallest absolute Gasteiger partial charge is 0.258 e. The van der Waals surface area contributed by atoms with Gasteiger partial charge in [-0.05, 0) is 31.2 Å². The van der Waals surface area contributed by atoms with Crippen molar-refractivity contribution >= 4 is 33.2 Å². The summed E-state index contributed by atoms with van der Waals surface area (Å²) in [5.41, 5.74) is 2.15. The Labute approximate surface area is 194 Å². The maximum atomic E-state index is 12.9. The number of fused-ring (bicyclic) bond motifs is 1. The lowest BCUT2D eigenvalue weighted by Crippen LogP contribution is -2.30. The molecular weight excluding hydrogens is 442 g/mol. The summed E-state index contributed by atoms with van der Waals surface area (Å²) < 4.78 is 32.7. The summed E-state index contributed by atoms with van der Waals surface area (Å²) in [6, 6.07) is 11.6. The molecule has 1 heterocycles. The van der Waals surface area contributed by atoms with Crippen molar-refractivity contribution < 1.29 is 22.7 Å². The van der Waals surface area contributed by atoms with Gasteiger partial charge in [-0.15, -0.1) is 0 Å². The molecule has 0 radical (unpaired) electrons. The molecule has 0 spiro atoms. The molecule has 0 unspecified atom stereocenters. The Kier molecular flexibility index (Phi) is 7.55. The van der Waals surface area contributed by atoms with Gasteiger partial charge >= 0.3 is 0 Å². The van der Waals surface area contributed by atoms with Gasteiger partial charge in [0, 0.05) is 42.9 Å². The average Bonchev–Trinajstić information content (AvgIpc) is 3.04. The molecule has 3 rings (SSSR count). The van der Waals surface area contributed by atoms with Crippen molar-refractivity contribution in [2.75, 3.05) is 31.6 Å². The van der Waals surface area contributed by atoms with E-state index in [1.54, 1.807) is 32.9 Å². The van der Waals surface area contributed by atoms with Crippen LogP contribution in [0.2, 0.25) is 0 Å². The van der Waals surface area contributed by atoms with Gasteiger partial charge in [-0.25, -0.2) is 8.42 Å². The van der Waals surface area contributed by atoms with Crippen molar-refractivity contribution in [2.45, 2.75) is 32.1 Å². The molecular formula is C24H29N3O5S. The number of ether oxygens (including phenoxy) is 1. The van der Waals surface area contributed by atoms with Gasteiger partial charge in [0.05, 0.1) is 17.2 Å². The van der Waals surface area contributed by atoms with Crippen LogP contribution in [-0.4, -0.2) is 55.7 Å². The minimum Gasteiger partial charge on any atom is -0.492 e. The summed E-state index contributed by atoms with van der Waals surface area (Å²) in [6.45, 7) is 10.5. The van der Waals surface area contributed by atoms with Crippen LogP contribution in [0.25, 0.3) is 5.70 Å². The Morgan fingerprint density at radius 3 is 2.36 bits per heavy atom. The van der Waals surface area contributed by atoms with Crippen LogP contribution >= 0.6 is 0 Å². The van der Waals surface area contributed by atoms with Gasteiger partial charge in [0.1, 0.15) is 5.75 Å². The standard InChI is InChI=1S/C24H29N3O5S/c1-5-26(6-2)33(30,31)18-12-13-22(32-7-3)21(16-18)25-23(28)14-15-27-17(4)19-10-8-9-11-20(19)24(27)29/h8-13,16H,4-7,14-15H2,1-3H3,(H,25,28). The third-order valence-electron chi connectivity index (χ3n) is 5.47. The number of hydrogen-bond acceptors (Lipinski definition) is 5. The fourth-order valence-electron chi connectivity index (χ4n) is 3.76. The van der Waals surface area contributed by atoms with Crippen LogP contribution < -0.4 is 10.1 Å². The van der Waals surface area contributed by atoms with E-state index in [1.165, 1.54) is 27.4 Å². The van der Waals surface area contributed by atoms with Gasteiger partial charge in [0.15, 0.2) is 0 Å². The zero-order valence-electron chi connectivity index (χ0n) is 19.1. The third-order valence-corrected chi connectivity index (χ3v) is 7.52. The molecule has 2 aromatic carbocycles. The molecule has 8 nitrogen and oxygen atoms in total. The van der Waals surface area contributed by atoms with Crippen molar-refractivity contribution in [1.82, 2.24) is 9.21 Å². The Balaban J connectivity index is 1.76. The van der Waals surface area contributed by atoms with Gasteiger partial charge < -0.3 is 15.0 Å². The van der Waals surface area contributed by atoms with Crippen LogP contribution in [0.4, 0.5) is 5.69 Å². The van der Waals surface area contributed by atoms with Crippen molar-refractivity contribution in [1.29, 1.82) is 0 Å². The maximum Gasteiger partial charge on any atom is 0.258 e. The molecule has 0 saturated carbocycles. The van der Waals surface area contributed by atoms with E-state index in [4.69, 9.17) is 4.74 Å². The second-order valence-corrected chi connectivity index (χ2v) is 9.37. The number of anilines is 1. The van der Waals surface area contributed by atoms with Gasteiger partial charge in [0.25, 0.3) is 5.91 Å². The minimum atomic E-state index is -3.70. The monoisotopic (exact) mass is 471 g/mol. The summed E-state index contributed by atoms with van der Waals surface area (Å²) in [4.78, 5) is 26.9. The Bertz CT molecular complexity index is 1140. The minimum absolute atomic E-state index is 0.0112. The van der Waals surface area contributed by atoms with E-state index >= 15 is 0 Å².